The number of nitrogens with two attached hydrogens (primary N) is 1. The van der Waals surface area contributed by atoms with Gasteiger partial charge in [-0.2, -0.15) is 0 Å². The molecule has 1 atom stereocenters. The minimum atomic E-state index is -0.301. The maximum Gasteiger partial charge on any atom is 0.141 e. The first-order valence-corrected chi connectivity index (χ1v) is 8.10. The van der Waals surface area contributed by atoms with Gasteiger partial charge in [0, 0.05) is 12.2 Å². The van der Waals surface area contributed by atoms with Crippen LogP contribution in [0.3, 0.4) is 0 Å². The Morgan fingerprint density at radius 1 is 1.00 bits per heavy atom. The van der Waals surface area contributed by atoms with Gasteiger partial charge in [0.15, 0.2) is 0 Å². The van der Waals surface area contributed by atoms with Crippen LogP contribution in [0, 0.1) is 5.82 Å². The zero-order valence-electron chi connectivity index (χ0n) is 12.8. The van der Waals surface area contributed by atoms with E-state index < -0.39 is 0 Å². The molecule has 0 aliphatic carbocycles. The predicted molar refractivity (Wildman–Crippen MR) is 83.0 cm³/mol. The lowest BCUT2D eigenvalue weighted by molar-refractivity contribution is 0.529. The summed E-state index contributed by atoms with van der Waals surface area (Å²) in [5, 5.41) is 0. The van der Waals surface area contributed by atoms with Gasteiger partial charge in [-0.15, -0.1) is 0 Å². The van der Waals surface area contributed by atoms with Crippen molar-refractivity contribution < 1.29 is 4.39 Å². The van der Waals surface area contributed by atoms with Gasteiger partial charge in [0.1, 0.15) is 5.82 Å². The number of hydrogen-bond acceptors (Lipinski definition) is 2. The van der Waals surface area contributed by atoms with E-state index in [-0.39, 0.29) is 11.9 Å². The molecule has 114 valence electrons. The third-order valence-electron chi connectivity index (χ3n) is 3.77. The Morgan fingerprint density at radius 2 is 1.60 bits per heavy atom. The summed E-state index contributed by atoms with van der Waals surface area (Å²) in [4.78, 5) is 3.84. The Labute approximate surface area is 123 Å². The maximum atomic E-state index is 13.0. The average Bonchev–Trinajstić information content (AvgIpc) is 2.45. The number of unbranched alkanes of at least 4 members (excludes halogenated alkanes) is 8. The molecule has 1 heterocycles. The zero-order chi connectivity index (χ0) is 14.6. The molecule has 0 fully saturated rings. The molecule has 1 aromatic rings. The van der Waals surface area contributed by atoms with Crippen molar-refractivity contribution in [2.75, 3.05) is 0 Å². The SMILES string of the molecule is CCCCCCCCCCCC(N)c1cncc(F)c1. The van der Waals surface area contributed by atoms with E-state index in [4.69, 9.17) is 5.73 Å². The van der Waals surface area contributed by atoms with E-state index in [0.29, 0.717) is 0 Å². The standard InChI is InChI=1S/C17H29FN2/c1-2-3-4-5-6-7-8-9-10-11-17(19)15-12-16(18)14-20-13-15/h12-14,17H,2-11,19H2,1H3. The van der Waals surface area contributed by atoms with Crippen molar-refractivity contribution in [3.05, 3.63) is 29.8 Å². The highest BCUT2D eigenvalue weighted by Crippen LogP contribution is 2.18. The smallest absolute Gasteiger partial charge is 0.141 e. The van der Waals surface area contributed by atoms with E-state index in [1.807, 2.05) is 0 Å². The van der Waals surface area contributed by atoms with Crippen molar-refractivity contribution in [3.63, 3.8) is 0 Å². The van der Waals surface area contributed by atoms with E-state index in [1.54, 1.807) is 6.20 Å². The van der Waals surface area contributed by atoms with Crippen LogP contribution in [0.5, 0.6) is 0 Å². The van der Waals surface area contributed by atoms with Gasteiger partial charge >= 0.3 is 0 Å². The lowest BCUT2D eigenvalue weighted by Gasteiger charge is -2.11. The molecule has 0 saturated carbocycles. The van der Waals surface area contributed by atoms with Crippen LogP contribution in [0.15, 0.2) is 18.5 Å². The minimum Gasteiger partial charge on any atom is -0.324 e. The van der Waals surface area contributed by atoms with Gasteiger partial charge in [0.05, 0.1) is 6.20 Å². The molecule has 1 aromatic heterocycles. The monoisotopic (exact) mass is 280 g/mol. The van der Waals surface area contributed by atoms with Crippen LogP contribution in [-0.2, 0) is 0 Å². The molecule has 3 heteroatoms. The third kappa shape index (κ3) is 7.59. The summed E-state index contributed by atoms with van der Waals surface area (Å²) in [5.41, 5.74) is 6.86. The van der Waals surface area contributed by atoms with Gasteiger partial charge < -0.3 is 5.73 Å². The van der Waals surface area contributed by atoms with Crippen molar-refractivity contribution >= 4 is 0 Å². The molecule has 0 aliphatic heterocycles. The Bertz CT molecular complexity index is 355. The summed E-state index contributed by atoms with van der Waals surface area (Å²) in [6, 6.07) is 1.41. The number of hydrogen-bond donors (Lipinski definition) is 1. The molecular formula is C17H29FN2. The summed E-state index contributed by atoms with van der Waals surface area (Å²) < 4.78 is 13.0. The fourth-order valence-electron chi connectivity index (χ4n) is 2.47. The summed E-state index contributed by atoms with van der Waals surface area (Å²) in [5.74, 6) is -0.301. The van der Waals surface area contributed by atoms with Crippen LogP contribution in [0.1, 0.15) is 82.7 Å². The lowest BCUT2D eigenvalue weighted by atomic mass is 10.0. The molecule has 0 radical (unpaired) electrons. The third-order valence-corrected chi connectivity index (χ3v) is 3.77. The number of nitrogens with zero attached hydrogens (tertiary/aromatic N) is 1. The number of aromatic nitrogens is 1. The number of rotatable bonds is 11. The minimum absolute atomic E-state index is 0.0808. The van der Waals surface area contributed by atoms with Crippen LogP contribution in [0.25, 0.3) is 0 Å². The first-order valence-electron chi connectivity index (χ1n) is 8.10. The molecule has 0 amide bonds. The fourth-order valence-corrected chi connectivity index (χ4v) is 2.47. The molecule has 0 spiro atoms. The second kappa shape index (κ2) is 10.8. The Morgan fingerprint density at radius 3 is 2.20 bits per heavy atom. The quantitative estimate of drug-likeness (QED) is 0.570. The maximum absolute atomic E-state index is 13.0. The summed E-state index contributed by atoms with van der Waals surface area (Å²) >= 11 is 0. The van der Waals surface area contributed by atoms with Gasteiger partial charge in [-0.1, -0.05) is 64.7 Å². The van der Waals surface area contributed by atoms with Crippen molar-refractivity contribution in [3.8, 4) is 0 Å². The molecular weight excluding hydrogens is 251 g/mol. The molecule has 0 aromatic carbocycles. The molecule has 0 saturated heterocycles. The average molecular weight is 280 g/mol. The molecule has 2 nitrogen and oxygen atoms in total. The van der Waals surface area contributed by atoms with Crippen molar-refractivity contribution in [2.45, 2.75) is 77.2 Å². The second-order valence-electron chi connectivity index (χ2n) is 5.66. The summed E-state index contributed by atoms with van der Waals surface area (Å²) in [6.45, 7) is 2.25. The molecule has 2 N–H and O–H groups in total. The van der Waals surface area contributed by atoms with Crippen LogP contribution < -0.4 is 5.73 Å². The molecule has 1 unspecified atom stereocenters. The fraction of sp³-hybridized carbons (Fsp3) is 0.706. The largest absolute Gasteiger partial charge is 0.324 e. The van der Waals surface area contributed by atoms with E-state index in [2.05, 4.69) is 11.9 Å². The van der Waals surface area contributed by atoms with E-state index in [9.17, 15) is 4.39 Å². The molecule has 0 aliphatic rings. The highest BCUT2D eigenvalue weighted by molar-refractivity contribution is 5.14. The van der Waals surface area contributed by atoms with E-state index in [0.717, 1.165) is 18.4 Å². The van der Waals surface area contributed by atoms with E-state index >= 15 is 0 Å². The van der Waals surface area contributed by atoms with E-state index in [1.165, 1.54) is 63.6 Å². The Hall–Kier alpha value is -0.960. The van der Waals surface area contributed by atoms with Crippen LogP contribution in [0.2, 0.25) is 0 Å². The topological polar surface area (TPSA) is 38.9 Å². The summed E-state index contributed by atoms with van der Waals surface area (Å²) in [6.07, 6.45) is 15.6. The van der Waals surface area contributed by atoms with Crippen molar-refractivity contribution in [2.24, 2.45) is 5.73 Å². The highest BCUT2D eigenvalue weighted by Gasteiger charge is 2.06. The first kappa shape index (κ1) is 17.1. The predicted octanol–water partition coefficient (Wildman–Crippen LogP) is 5.14. The normalized spacial score (nSPS) is 12.6. The number of halogens is 1. The van der Waals surface area contributed by atoms with Gasteiger partial charge in [0.25, 0.3) is 0 Å². The molecule has 0 bridgehead atoms. The van der Waals surface area contributed by atoms with Gasteiger partial charge in [-0.3, -0.25) is 4.98 Å². The molecule has 1 rings (SSSR count). The zero-order valence-corrected chi connectivity index (χ0v) is 12.8. The number of pyridine rings is 1. The Balaban J connectivity index is 2.01. The lowest BCUT2D eigenvalue weighted by Crippen LogP contribution is -2.10. The van der Waals surface area contributed by atoms with Crippen LogP contribution >= 0.6 is 0 Å². The first-order chi connectivity index (χ1) is 9.74. The van der Waals surface area contributed by atoms with Gasteiger partial charge in [-0.25, -0.2) is 4.39 Å². The van der Waals surface area contributed by atoms with Crippen LogP contribution in [0.4, 0.5) is 4.39 Å². The molecule has 20 heavy (non-hydrogen) atoms. The van der Waals surface area contributed by atoms with Gasteiger partial charge in [-0.05, 0) is 18.1 Å². The van der Waals surface area contributed by atoms with Crippen molar-refractivity contribution in [1.82, 2.24) is 4.98 Å². The van der Waals surface area contributed by atoms with Crippen LogP contribution in [-0.4, -0.2) is 4.98 Å². The highest BCUT2D eigenvalue weighted by atomic mass is 19.1. The Kier molecular flexibility index (Phi) is 9.22. The van der Waals surface area contributed by atoms with Crippen molar-refractivity contribution in [1.29, 1.82) is 0 Å². The summed E-state index contributed by atoms with van der Waals surface area (Å²) in [7, 11) is 0. The van der Waals surface area contributed by atoms with Gasteiger partial charge in [0.2, 0.25) is 0 Å². The second-order valence-corrected chi connectivity index (χ2v) is 5.66.